The lowest BCUT2D eigenvalue weighted by atomic mass is 10.1. The third-order valence-corrected chi connectivity index (χ3v) is 6.50. The van der Waals surface area contributed by atoms with Crippen LogP contribution in [0.2, 0.25) is 10.0 Å². The summed E-state index contributed by atoms with van der Waals surface area (Å²) in [6, 6.07) is 5.77. The Morgan fingerprint density at radius 1 is 1.21 bits per heavy atom. The largest absolute Gasteiger partial charge is 0.0837 e. The molecule has 1 aromatic rings. The molecule has 0 saturated heterocycles. The Kier molecular flexibility index (Phi) is 2.71. The Labute approximate surface area is 110 Å². The van der Waals surface area contributed by atoms with Crippen molar-refractivity contribution in [2.75, 3.05) is 0 Å². The van der Waals surface area contributed by atoms with Crippen molar-refractivity contribution in [2.24, 2.45) is 0 Å². The van der Waals surface area contributed by atoms with Gasteiger partial charge in [0.2, 0.25) is 0 Å². The molecule has 0 heterocycles. The van der Waals surface area contributed by atoms with E-state index in [4.69, 9.17) is 23.2 Å². The molecular formula is C10H8Br2Cl2. The predicted molar refractivity (Wildman–Crippen MR) is 69.0 cm³/mol. The minimum Gasteiger partial charge on any atom is -0.0837 e. The normalized spacial score (nSPS) is 35.8. The molecule has 1 unspecified atom stereocenters. The fraction of sp³-hybridized carbons (Fsp3) is 0.400. The highest BCUT2D eigenvalue weighted by molar-refractivity contribution is 9.13. The smallest absolute Gasteiger partial charge is 0.0670 e. The Balaban J connectivity index is 2.40. The van der Waals surface area contributed by atoms with Gasteiger partial charge in [0.1, 0.15) is 0 Å². The van der Waals surface area contributed by atoms with Crippen molar-refractivity contribution in [2.45, 2.75) is 22.0 Å². The Morgan fingerprint density at radius 3 is 2.21 bits per heavy atom. The molecule has 76 valence electrons. The first kappa shape index (κ1) is 11.3. The fourth-order valence-electron chi connectivity index (χ4n) is 1.56. The topological polar surface area (TPSA) is 0 Å². The van der Waals surface area contributed by atoms with Gasteiger partial charge in [-0.3, -0.25) is 0 Å². The van der Waals surface area contributed by atoms with Crippen LogP contribution >= 0.6 is 55.1 Å². The maximum absolute atomic E-state index is 5.97. The molecule has 1 aromatic carbocycles. The Hall–Kier alpha value is 0.760. The number of halogens is 4. The zero-order valence-electron chi connectivity index (χ0n) is 7.45. The van der Waals surface area contributed by atoms with Crippen molar-refractivity contribution < 1.29 is 0 Å². The van der Waals surface area contributed by atoms with Gasteiger partial charge < -0.3 is 0 Å². The fourth-order valence-corrected chi connectivity index (χ4v) is 3.69. The molecule has 1 aliphatic rings. The van der Waals surface area contributed by atoms with Crippen molar-refractivity contribution in [3.63, 3.8) is 0 Å². The number of hydrogen-bond donors (Lipinski definition) is 0. The number of benzene rings is 1. The van der Waals surface area contributed by atoms with Crippen LogP contribution in [0.5, 0.6) is 0 Å². The average molecular weight is 359 g/mol. The zero-order chi connectivity index (χ0) is 10.6. The highest BCUT2D eigenvalue weighted by Crippen LogP contribution is 2.67. The first-order valence-electron chi connectivity index (χ1n) is 4.20. The molecule has 0 aromatic heterocycles. The molecule has 1 aliphatic carbocycles. The molecule has 1 fully saturated rings. The zero-order valence-corrected chi connectivity index (χ0v) is 12.1. The van der Waals surface area contributed by atoms with E-state index in [1.807, 2.05) is 18.2 Å². The van der Waals surface area contributed by atoms with E-state index in [9.17, 15) is 0 Å². The van der Waals surface area contributed by atoms with Gasteiger partial charge in [-0.25, -0.2) is 0 Å². The number of alkyl halides is 2. The summed E-state index contributed by atoms with van der Waals surface area (Å²) < 4.78 is 0.130. The molecule has 0 aliphatic heterocycles. The Bertz CT molecular complexity index is 390. The maximum atomic E-state index is 5.97. The maximum Gasteiger partial charge on any atom is 0.0670 e. The van der Waals surface area contributed by atoms with Crippen LogP contribution in [0.3, 0.4) is 0 Å². The molecule has 0 spiro atoms. The molecule has 1 saturated carbocycles. The van der Waals surface area contributed by atoms with Crippen molar-refractivity contribution >= 4 is 55.1 Å². The molecule has 2 atom stereocenters. The minimum atomic E-state index is 0.00816. The molecule has 0 nitrogen and oxygen atoms in total. The highest BCUT2D eigenvalue weighted by Gasteiger charge is 2.62. The number of hydrogen-bond acceptors (Lipinski definition) is 0. The first-order valence-corrected chi connectivity index (χ1v) is 6.54. The summed E-state index contributed by atoms with van der Waals surface area (Å²) in [5.41, 5.74) is 1.17. The third-order valence-electron chi connectivity index (χ3n) is 2.65. The lowest BCUT2D eigenvalue weighted by molar-refractivity contribution is 0.946. The van der Waals surface area contributed by atoms with Gasteiger partial charge in [-0.05, 0) is 31.0 Å². The molecule has 14 heavy (non-hydrogen) atoms. The van der Waals surface area contributed by atoms with Crippen LogP contribution in [0.1, 0.15) is 18.9 Å². The van der Waals surface area contributed by atoms with E-state index >= 15 is 0 Å². The van der Waals surface area contributed by atoms with Crippen molar-refractivity contribution in [3.8, 4) is 0 Å². The van der Waals surface area contributed by atoms with E-state index in [1.165, 1.54) is 5.56 Å². The second-order valence-corrected chi connectivity index (χ2v) is 7.72. The van der Waals surface area contributed by atoms with Crippen LogP contribution < -0.4 is 0 Å². The third kappa shape index (κ3) is 1.64. The SMILES string of the molecule is CC1(Br)C[C@@]1(Br)c1ccc(Cl)c(Cl)c1. The summed E-state index contributed by atoms with van der Waals surface area (Å²) in [5.74, 6) is 0. The standard InChI is InChI=1S/C10H8Br2Cl2/c1-9(11)5-10(9,12)6-2-3-7(13)8(14)4-6/h2-4H,5H2,1H3/t9?,10-/m1/s1. The van der Waals surface area contributed by atoms with Gasteiger partial charge in [0.15, 0.2) is 0 Å². The van der Waals surface area contributed by atoms with Gasteiger partial charge >= 0.3 is 0 Å². The van der Waals surface area contributed by atoms with Gasteiger partial charge in [-0.1, -0.05) is 61.1 Å². The van der Waals surface area contributed by atoms with Gasteiger partial charge in [-0.15, -0.1) is 0 Å². The summed E-state index contributed by atoms with van der Waals surface area (Å²) in [6.07, 6.45) is 1.05. The number of rotatable bonds is 1. The van der Waals surface area contributed by atoms with E-state index in [-0.39, 0.29) is 8.65 Å². The summed E-state index contributed by atoms with van der Waals surface area (Å²) >= 11 is 19.2. The van der Waals surface area contributed by atoms with Crippen LogP contribution in [0.25, 0.3) is 0 Å². The van der Waals surface area contributed by atoms with E-state index < -0.39 is 0 Å². The van der Waals surface area contributed by atoms with Crippen LogP contribution in [0.4, 0.5) is 0 Å². The van der Waals surface area contributed by atoms with Gasteiger partial charge in [0.25, 0.3) is 0 Å². The quantitative estimate of drug-likeness (QED) is 0.610. The van der Waals surface area contributed by atoms with Crippen LogP contribution in [0, 0.1) is 0 Å². The molecule has 0 bridgehead atoms. The van der Waals surface area contributed by atoms with Gasteiger partial charge in [0.05, 0.1) is 14.4 Å². The predicted octanol–water partition coefficient (Wildman–Crippen LogP) is 5.14. The first-order chi connectivity index (χ1) is 6.37. The van der Waals surface area contributed by atoms with Crippen LogP contribution in [-0.4, -0.2) is 4.32 Å². The lowest BCUT2D eigenvalue weighted by Crippen LogP contribution is -2.07. The Morgan fingerprint density at radius 2 is 1.79 bits per heavy atom. The second kappa shape index (κ2) is 3.38. The van der Waals surface area contributed by atoms with E-state index in [2.05, 4.69) is 38.8 Å². The monoisotopic (exact) mass is 356 g/mol. The molecule has 2 rings (SSSR count). The van der Waals surface area contributed by atoms with E-state index in [0.717, 1.165) is 6.42 Å². The lowest BCUT2D eigenvalue weighted by Gasteiger charge is -2.12. The molecular weight excluding hydrogens is 351 g/mol. The van der Waals surface area contributed by atoms with Gasteiger partial charge in [0, 0.05) is 4.32 Å². The van der Waals surface area contributed by atoms with Gasteiger partial charge in [-0.2, -0.15) is 0 Å². The molecule has 0 radical (unpaired) electrons. The summed E-state index contributed by atoms with van der Waals surface area (Å²) in [5, 5.41) is 1.21. The second-order valence-electron chi connectivity index (χ2n) is 3.80. The summed E-state index contributed by atoms with van der Waals surface area (Å²) in [4.78, 5) is 0. The summed E-state index contributed by atoms with van der Waals surface area (Å²) in [7, 11) is 0. The molecule has 0 N–H and O–H groups in total. The average Bonchev–Trinajstić information content (AvgIpc) is 2.58. The van der Waals surface area contributed by atoms with Crippen LogP contribution in [-0.2, 0) is 4.32 Å². The highest BCUT2D eigenvalue weighted by atomic mass is 79.9. The summed E-state index contributed by atoms with van der Waals surface area (Å²) in [6.45, 7) is 2.16. The van der Waals surface area contributed by atoms with Crippen molar-refractivity contribution in [1.82, 2.24) is 0 Å². The molecule has 4 heteroatoms. The molecule has 0 amide bonds. The van der Waals surface area contributed by atoms with E-state index in [1.54, 1.807) is 0 Å². The van der Waals surface area contributed by atoms with Crippen LogP contribution in [0.15, 0.2) is 18.2 Å². The minimum absolute atomic E-state index is 0.00816. The van der Waals surface area contributed by atoms with Crippen molar-refractivity contribution in [3.05, 3.63) is 33.8 Å². The van der Waals surface area contributed by atoms with E-state index in [0.29, 0.717) is 10.0 Å². The van der Waals surface area contributed by atoms with Crippen molar-refractivity contribution in [1.29, 1.82) is 0 Å².